The molecule has 0 unspecified atom stereocenters. The van der Waals surface area contributed by atoms with Crippen molar-refractivity contribution in [3.05, 3.63) is 51.3 Å². The van der Waals surface area contributed by atoms with Crippen LogP contribution in [0.4, 0.5) is 5.69 Å². The normalized spacial score (nSPS) is 10.7. The minimum atomic E-state index is -0.554. The van der Waals surface area contributed by atoms with Gasteiger partial charge in [-0.3, -0.25) is 14.9 Å². The molecule has 0 saturated heterocycles. The molecule has 1 aromatic carbocycles. The van der Waals surface area contributed by atoms with Gasteiger partial charge in [0.25, 0.3) is 11.6 Å². The molecule has 0 bridgehead atoms. The molecule has 2 aromatic rings. The van der Waals surface area contributed by atoms with Crippen LogP contribution in [0, 0.1) is 17.0 Å². The molecule has 9 heteroatoms. The molecular weight excluding hydrogens is 266 g/mol. The van der Waals surface area contributed by atoms with Gasteiger partial charge in [0.05, 0.1) is 11.1 Å². The van der Waals surface area contributed by atoms with E-state index in [0.717, 1.165) is 0 Å². The van der Waals surface area contributed by atoms with Crippen molar-refractivity contribution in [2.45, 2.75) is 6.92 Å². The molecule has 0 saturated carbocycles. The molecule has 1 aromatic heterocycles. The van der Waals surface area contributed by atoms with Crippen LogP contribution in [0.2, 0.25) is 0 Å². The standard InChI is InChI=1S/C11H9N5O4/c1-7-10(15-20-14-7)11(17)13-12-6-8-2-4-9(5-3-8)16(18)19/h2-6H,1H3,(H,13,17)/b12-6+. The Morgan fingerprint density at radius 3 is 2.65 bits per heavy atom. The third kappa shape index (κ3) is 3.02. The van der Waals surface area contributed by atoms with Crippen LogP contribution < -0.4 is 5.43 Å². The number of hydrogen-bond acceptors (Lipinski definition) is 7. The Balaban J connectivity index is 1.98. The molecule has 1 N–H and O–H groups in total. The first-order valence-electron chi connectivity index (χ1n) is 5.45. The summed E-state index contributed by atoms with van der Waals surface area (Å²) in [6.07, 6.45) is 1.35. The number of amides is 1. The van der Waals surface area contributed by atoms with E-state index < -0.39 is 10.8 Å². The lowest BCUT2D eigenvalue weighted by molar-refractivity contribution is -0.384. The van der Waals surface area contributed by atoms with Gasteiger partial charge in [0.2, 0.25) is 0 Å². The van der Waals surface area contributed by atoms with Crippen molar-refractivity contribution in [3.8, 4) is 0 Å². The number of aryl methyl sites for hydroxylation is 1. The van der Waals surface area contributed by atoms with Crippen LogP contribution in [0.15, 0.2) is 34.0 Å². The molecule has 102 valence electrons. The van der Waals surface area contributed by atoms with Gasteiger partial charge >= 0.3 is 0 Å². The molecule has 0 radical (unpaired) electrons. The Labute approximate surface area is 112 Å². The highest BCUT2D eigenvalue weighted by molar-refractivity contribution is 5.93. The Morgan fingerprint density at radius 1 is 1.40 bits per heavy atom. The third-order valence-corrected chi connectivity index (χ3v) is 2.35. The molecule has 9 nitrogen and oxygen atoms in total. The fraction of sp³-hybridized carbons (Fsp3) is 0.0909. The molecular formula is C11H9N5O4. The van der Waals surface area contributed by atoms with Gasteiger partial charge in [-0.25, -0.2) is 10.1 Å². The quantitative estimate of drug-likeness (QED) is 0.505. The maximum Gasteiger partial charge on any atom is 0.295 e. The number of benzene rings is 1. The van der Waals surface area contributed by atoms with Crippen LogP contribution in [0.3, 0.4) is 0 Å². The Hall–Kier alpha value is -3.10. The van der Waals surface area contributed by atoms with E-state index in [1.807, 2.05) is 0 Å². The van der Waals surface area contributed by atoms with Gasteiger partial charge in [0.1, 0.15) is 5.69 Å². The van der Waals surface area contributed by atoms with E-state index in [9.17, 15) is 14.9 Å². The second-order valence-corrected chi connectivity index (χ2v) is 3.75. The van der Waals surface area contributed by atoms with Gasteiger partial charge in [0.15, 0.2) is 5.69 Å². The highest BCUT2D eigenvalue weighted by atomic mass is 16.6. The number of non-ortho nitro benzene ring substituents is 1. The molecule has 1 amide bonds. The second-order valence-electron chi connectivity index (χ2n) is 3.75. The molecule has 0 fully saturated rings. The summed E-state index contributed by atoms with van der Waals surface area (Å²) in [4.78, 5) is 21.6. The van der Waals surface area contributed by atoms with Crippen LogP contribution in [0.1, 0.15) is 21.7 Å². The van der Waals surface area contributed by atoms with Crippen LogP contribution >= 0.6 is 0 Å². The number of aromatic nitrogens is 2. The van der Waals surface area contributed by atoms with E-state index >= 15 is 0 Å². The first-order chi connectivity index (χ1) is 9.58. The van der Waals surface area contributed by atoms with Gasteiger partial charge in [0, 0.05) is 12.1 Å². The van der Waals surface area contributed by atoms with Crippen LogP contribution in [0.5, 0.6) is 0 Å². The minimum absolute atomic E-state index is 0.0181. The van der Waals surface area contributed by atoms with Crippen molar-refractivity contribution in [2.24, 2.45) is 5.10 Å². The number of nitro benzene ring substituents is 1. The van der Waals surface area contributed by atoms with Gasteiger partial charge < -0.3 is 0 Å². The SMILES string of the molecule is Cc1nonc1C(=O)N/N=C/c1ccc([N+](=O)[O-])cc1. The molecule has 0 spiro atoms. The average Bonchev–Trinajstić information content (AvgIpc) is 2.85. The summed E-state index contributed by atoms with van der Waals surface area (Å²) in [7, 11) is 0. The Bertz CT molecular complexity index is 662. The smallest absolute Gasteiger partial charge is 0.265 e. The largest absolute Gasteiger partial charge is 0.295 e. The summed E-state index contributed by atoms with van der Waals surface area (Å²) in [6.45, 7) is 1.57. The molecule has 20 heavy (non-hydrogen) atoms. The molecule has 2 rings (SSSR count). The number of hydrazone groups is 1. The first kappa shape index (κ1) is 13.3. The summed E-state index contributed by atoms with van der Waals surface area (Å²) in [5.41, 5.74) is 3.23. The van der Waals surface area contributed by atoms with Crippen LogP contribution in [-0.2, 0) is 0 Å². The molecule has 0 aliphatic carbocycles. The topological polar surface area (TPSA) is 124 Å². The molecule has 0 aliphatic heterocycles. The maximum atomic E-state index is 11.6. The van der Waals surface area contributed by atoms with E-state index in [1.165, 1.54) is 30.5 Å². The zero-order chi connectivity index (χ0) is 14.5. The Morgan fingerprint density at radius 2 is 2.10 bits per heavy atom. The van der Waals surface area contributed by atoms with Gasteiger partial charge in [-0.2, -0.15) is 5.10 Å². The van der Waals surface area contributed by atoms with Crippen molar-refractivity contribution < 1.29 is 14.3 Å². The lowest BCUT2D eigenvalue weighted by Crippen LogP contribution is -2.19. The van der Waals surface area contributed by atoms with Crippen molar-refractivity contribution in [2.75, 3.05) is 0 Å². The van der Waals surface area contributed by atoms with Gasteiger partial charge in [-0.1, -0.05) is 5.16 Å². The summed E-state index contributed by atoms with van der Waals surface area (Å²) in [6, 6.07) is 5.71. The van der Waals surface area contributed by atoms with Gasteiger partial charge in [-0.15, -0.1) is 0 Å². The van der Waals surface area contributed by atoms with Crippen molar-refractivity contribution in [1.29, 1.82) is 0 Å². The predicted molar refractivity (Wildman–Crippen MR) is 67.2 cm³/mol. The van der Waals surface area contributed by atoms with Crippen molar-refractivity contribution in [3.63, 3.8) is 0 Å². The monoisotopic (exact) mass is 275 g/mol. The summed E-state index contributed by atoms with van der Waals surface area (Å²) in [5.74, 6) is -0.554. The number of rotatable bonds is 4. The average molecular weight is 275 g/mol. The fourth-order valence-electron chi connectivity index (χ4n) is 1.34. The minimum Gasteiger partial charge on any atom is -0.265 e. The number of nitro groups is 1. The van der Waals surface area contributed by atoms with E-state index in [1.54, 1.807) is 6.92 Å². The summed E-state index contributed by atoms with van der Waals surface area (Å²) >= 11 is 0. The number of nitrogens with zero attached hydrogens (tertiary/aromatic N) is 4. The van der Waals surface area contributed by atoms with Crippen LogP contribution in [-0.4, -0.2) is 27.4 Å². The number of carbonyl (C=O) groups excluding carboxylic acids is 1. The third-order valence-electron chi connectivity index (χ3n) is 2.35. The zero-order valence-corrected chi connectivity index (χ0v) is 10.3. The predicted octanol–water partition coefficient (Wildman–Crippen LogP) is 1.05. The lowest BCUT2D eigenvalue weighted by Gasteiger charge is -1.95. The van der Waals surface area contributed by atoms with Crippen molar-refractivity contribution in [1.82, 2.24) is 15.7 Å². The zero-order valence-electron chi connectivity index (χ0n) is 10.3. The van der Waals surface area contributed by atoms with Crippen molar-refractivity contribution >= 4 is 17.8 Å². The number of hydrogen-bond donors (Lipinski definition) is 1. The molecule has 1 heterocycles. The fourth-order valence-corrected chi connectivity index (χ4v) is 1.34. The molecule has 0 atom stereocenters. The number of nitrogens with one attached hydrogen (secondary N) is 1. The summed E-state index contributed by atoms with van der Waals surface area (Å²) in [5, 5.41) is 21.1. The summed E-state index contributed by atoms with van der Waals surface area (Å²) < 4.78 is 4.39. The lowest BCUT2D eigenvalue weighted by atomic mass is 10.2. The first-order valence-corrected chi connectivity index (χ1v) is 5.45. The second kappa shape index (κ2) is 5.69. The Kier molecular flexibility index (Phi) is 3.80. The number of carbonyl (C=O) groups is 1. The highest BCUT2D eigenvalue weighted by Gasteiger charge is 2.13. The van der Waals surface area contributed by atoms with E-state index in [2.05, 4.69) is 25.5 Å². The molecule has 0 aliphatic rings. The van der Waals surface area contributed by atoms with E-state index in [4.69, 9.17) is 0 Å². The maximum absolute atomic E-state index is 11.6. The highest BCUT2D eigenvalue weighted by Crippen LogP contribution is 2.10. The van der Waals surface area contributed by atoms with Gasteiger partial charge in [-0.05, 0) is 29.8 Å². The van der Waals surface area contributed by atoms with E-state index in [0.29, 0.717) is 11.3 Å². The van der Waals surface area contributed by atoms with E-state index in [-0.39, 0.29) is 11.4 Å². The van der Waals surface area contributed by atoms with Crippen LogP contribution in [0.25, 0.3) is 0 Å².